The van der Waals surface area contributed by atoms with Crippen molar-refractivity contribution in [1.82, 2.24) is 15.5 Å². The summed E-state index contributed by atoms with van der Waals surface area (Å²) < 4.78 is 19.2. The highest BCUT2D eigenvalue weighted by molar-refractivity contribution is 5.86. The van der Waals surface area contributed by atoms with Crippen LogP contribution < -0.4 is 15.4 Å². The van der Waals surface area contributed by atoms with E-state index in [0.717, 1.165) is 12.0 Å². The Hall–Kier alpha value is -3.09. The monoisotopic (exact) mass is 400 g/mol. The predicted octanol–water partition coefficient (Wildman–Crippen LogP) is 2.81. The van der Waals surface area contributed by atoms with E-state index in [4.69, 9.17) is 4.74 Å². The Morgan fingerprint density at radius 2 is 1.90 bits per heavy atom. The van der Waals surface area contributed by atoms with E-state index in [0.29, 0.717) is 24.8 Å². The second kappa shape index (κ2) is 11.7. The van der Waals surface area contributed by atoms with E-state index in [9.17, 15) is 9.18 Å². The maximum atomic E-state index is 13.4. The normalized spacial score (nSPS) is 12.2. The highest BCUT2D eigenvalue weighted by atomic mass is 19.1. The number of benzene rings is 2. The first-order chi connectivity index (χ1) is 14.0. The number of halogens is 1. The van der Waals surface area contributed by atoms with Gasteiger partial charge >= 0.3 is 0 Å². The maximum Gasteiger partial charge on any atom is 0.241 e. The molecule has 0 fully saturated rings. The van der Waals surface area contributed by atoms with Gasteiger partial charge < -0.3 is 20.3 Å². The lowest BCUT2D eigenvalue weighted by molar-refractivity contribution is -0.127. The highest BCUT2D eigenvalue weighted by Gasteiger charge is 2.11. The molecule has 2 rings (SSSR count). The Morgan fingerprint density at radius 1 is 1.14 bits per heavy atom. The van der Waals surface area contributed by atoms with Gasteiger partial charge in [0.05, 0.1) is 19.6 Å². The van der Waals surface area contributed by atoms with E-state index >= 15 is 0 Å². The van der Waals surface area contributed by atoms with E-state index < -0.39 is 0 Å². The summed E-state index contributed by atoms with van der Waals surface area (Å²) in [7, 11) is 3.41. The molecule has 0 aliphatic rings. The summed E-state index contributed by atoms with van der Waals surface area (Å²) in [5, 5.41) is 6.28. The number of aliphatic imine (C=N–C) groups is 1. The average molecular weight is 400 g/mol. The maximum absolute atomic E-state index is 13.4. The summed E-state index contributed by atoms with van der Waals surface area (Å²) in [6.45, 7) is 3.07. The first-order valence-corrected chi connectivity index (χ1v) is 9.66. The van der Waals surface area contributed by atoms with Gasteiger partial charge in [-0.2, -0.15) is 0 Å². The second-order valence-corrected chi connectivity index (χ2v) is 6.78. The van der Waals surface area contributed by atoms with E-state index in [1.165, 1.54) is 17.0 Å². The zero-order chi connectivity index (χ0) is 21.1. The fraction of sp³-hybridized carbons (Fsp3) is 0.364. The molecule has 29 heavy (non-hydrogen) atoms. The van der Waals surface area contributed by atoms with Gasteiger partial charge in [-0.15, -0.1) is 0 Å². The SMILES string of the molecule is CCC(CNC(=NCc1ccccc1)NCC(=O)N(C)C)Oc1cccc(F)c1. The van der Waals surface area contributed by atoms with Gasteiger partial charge in [0, 0.05) is 20.2 Å². The van der Waals surface area contributed by atoms with Gasteiger partial charge in [0.2, 0.25) is 5.91 Å². The summed E-state index contributed by atoms with van der Waals surface area (Å²) in [6.07, 6.45) is 0.552. The number of ether oxygens (including phenoxy) is 1. The second-order valence-electron chi connectivity index (χ2n) is 6.78. The van der Waals surface area contributed by atoms with Gasteiger partial charge in [-0.25, -0.2) is 9.38 Å². The molecule has 0 bridgehead atoms. The van der Waals surface area contributed by atoms with Crippen LogP contribution in [-0.2, 0) is 11.3 Å². The van der Waals surface area contributed by atoms with Crippen LogP contribution in [0.15, 0.2) is 59.6 Å². The van der Waals surface area contributed by atoms with Crippen LogP contribution in [0.1, 0.15) is 18.9 Å². The Morgan fingerprint density at radius 3 is 2.55 bits per heavy atom. The zero-order valence-corrected chi connectivity index (χ0v) is 17.2. The van der Waals surface area contributed by atoms with Gasteiger partial charge in [-0.1, -0.05) is 43.3 Å². The number of carbonyl (C=O) groups excluding carboxylic acids is 1. The van der Waals surface area contributed by atoms with E-state index in [-0.39, 0.29) is 24.4 Å². The van der Waals surface area contributed by atoms with Crippen LogP contribution in [0.2, 0.25) is 0 Å². The summed E-state index contributed by atoms with van der Waals surface area (Å²) in [4.78, 5) is 18.0. The third kappa shape index (κ3) is 8.21. The smallest absolute Gasteiger partial charge is 0.241 e. The third-order valence-corrected chi connectivity index (χ3v) is 4.22. The van der Waals surface area contributed by atoms with Crippen LogP contribution in [0.25, 0.3) is 0 Å². The topological polar surface area (TPSA) is 66.0 Å². The lowest BCUT2D eigenvalue weighted by Gasteiger charge is -2.20. The minimum absolute atomic E-state index is 0.0535. The predicted molar refractivity (Wildman–Crippen MR) is 113 cm³/mol. The zero-order valence-electron chi connectivity index (χ0n) is 17.2. The first-order valence-electron chi connectivity index (χ1n) is 9.66. The van der Waals surface area contributed by atoms with E-state index in [1.54, 1.807) is 26.2 Å². The molecule has 6 nitrogen and oxygen atoms in total. The molecule has 0 spiro atoms. The molecule has 0 saturated heterocycles. The quantitative estimate of drug-likeness (QED) is 0.502. The largest absolute Gasteiger partial charge is 0.489 e. The number of likely N-dealkylation sites (N-methyl/N-ethyl adjacent to an activating group) is 1. The van der Waals surface area contributed by atoms with Crippen molar-refractivity contribution in [3.63, 3.8) is 0 Å². The molecule has 1 amide bonds. The molecule has 156 valence electrons. The molecule has 0 saturated carbocycles. The fourth-order valence-corrected chi connectivity index (χ4v) is 2.46. The van der Waals surface area contributed by atoms with Crippen molar-refractivity contribution in [2.24, 2.45) is 4.99 Å². The van der Waals surface area contributed by atoms with Crippen LogP contribution in [-0.4, -0.2) is 50.1 Å². The molecule has 0 aromatic heterocycles. The van der Waals surface area contributed by atoms with Crippen molar-refractivity contribution in [3.05, 3.63) is 66.0 Å². The van der Waals surface area contributed by atoms with Crippen molar-refractivity contribution < 1.29 is 13.9 Å². The van der Waals surface area contributed by atoms with Crippen molar-refractivity contribution in [2.75, 3.05) is 27.2 Å². The van der Waals surface area contributed by atoms with Crippen molar-refractivity contribution in [2.45, 2.75) is 26.0 Å². The molecule has 0 radical (unpaired) electrons. The molecular weight excluding hydrogens is 371 g/mol. The molecule has 2 N–H and O–H groups in total. The molecular formula is C22H29FN4O2. The highest BCUT2D eigenvalue weighted by Crippen LogP contribution is 2.14. The van der Waals surface area contributed by atoms with E-state index in [2.05, 4.69) is 15.6 Å². The molecule has 1 atom stereocenters. The molecule has 0 aliphatic carbocycles. The Bertz CT molecular complexity index is 796. The molecule has 0 aliphatic heterocycles. The fourth-order valence-electron chi connectivity index (χ4n) is 2.46. The number of guanidine groups is 1. The minimum Gasteiger partial charge on any atom is -0.489 e. The van der Waals surface area contributed by atoms with Crippen LogP contribution >= 0.6 is 0 Å². The Kier molecular flexibility index (Phi) is 8.95. The lowest BCUT2D eigenvalue weighted by Crippen LogP contribution is -2.45. The Labute approximate surface area is 171 Å². The third-order valence-electron chi connectivity index (χ3n) is 4.22. The summed E-state index contributed by atoms with van der Waals surface area (Å²) in [6, 6.07) is 15.9. The van der Waals surface area contributed by atoms with Crippen molar-refractivity contribution in [1.29, 1.82) is 0 Å². The average Bonchev–Trinajstić information content (AvgIpc) is 2.72. The molecule has 7 heteroatoms. The number of amides is 1. The number of carbonyl (C=O) groups is 1. The van der Waals surface area contributed by atoms with Crippen LogP contribution in [0, 0.1) is 5.82 Å². The molecule has 0 heterocycles. The number of hydrogen-bond acceptors (Lipinski definition) is 3. The van der Waals surface area contributed by atoms with Crippen molar-refractivity contribution in [3.8, 4) is 5.75 Å². The van der Waals surface area contributed by atoms with Crippen LogP contribution in [0.4, 0.5) is 4.39 Å². The van der Waals surface area contributed by atoms with Gasteiger partial charge in [0.1, 0.15) is 17.7 Å². The number of hydrogen-bond donors (Lipinski definition) is 2. The minimum atomic E-state index is -0.334. The van der Waals surface area contributed by atoms with Gasteiger partial charge in [-0.05, 0) is 24.1 Å². The number of rotatable bonds is 9. The number of nitrogens with zero attached hydrogens (tertiary/aromatic N) is 2. The van der Waals surface area contributed by atoms with Gasteiger partial charge in [0.15, 0.2) is 5.96 Å². The van der Waals surface area contributed by atoms with Crippen LogP contribution in [0.5, 0.6) is 5.75 Å². The molecule has 2 aromatic carbocycles. The van der Waals surface area contributed by atoms with Crippen molar-refractivity contribution >= 4 is 11.9 Å². The lowest BCUT2D eigenvalue weighted by atomic mass is 10.2. The molecule has 1 unspecified atom stereocenters. The van der Waals surface area contributed by atoms with E-state index in [1.807, 2.05) is 37.3 Å². The number of nitrogens with one attached hydrogen (secondary N) is 2. The summed E-state index contributed by atoms with van der Waals surface area (Å²) >= 11 is 0. The standard InChI is InChI=1S/C22H29FN4O2/c1-4-19(29-20-12-8-11-18(23)13-20)15-25-22(26-16-21(28)27(2)3)24-14-17-9-6-5-7-10-17/h5-13,19H,4,14-16H2,1-3H3,(H2,24,25,26). The van der Waals surface area contributed by atoms with Gasteiger partial charge in [-0.3, -0.25) is 4.79 Å². The van der Waals surface area contributed by atoms with Crippen LogP contribution in [0.3, 0.4) is 0 Å². The first kappa shape index (κ1) is 22.2. The summed E-state index contributed by atoms with van der Waals surface area (Å²) in [5.41, 5.74) is 1.07. The Balaban J connectivity index is 1.99. The summed E-state index contributed by atoms with van der Waals surface area (Å²) in [5.74, 6) is 0.615. The molecule has 2 aromatic rings. The van der Waals surface area contributed by atoms with Gasteiger partial charge in [0.25, 0.3) is 0 Å².